The number of hydrogen-bond donors (Lipinski definition) is 3. The van der Waals surface area contributed by atoms with E-state index in [9.17, 15) is 27.6 Å². The molecule has 1 aromatic carbocycles. The lowest BCUT2D eigenvalue weighted by Gasteiger charge is -2.37. The van der Waals surface area contributed by atoms with Gasteiger partial charge in [-0.1, -0.05) is 46.6 Å². The van der Waals surface area contributed by atoms with Crippen molar-refractivity contribution in [3.8, 4) is 11.6 Å². The van der Waals surface area contributed by atoms with E-state index in [1.165, 1.54) is 11.0 Å². The van der Waals surface area contributed by atoms with E-state index in [1.807, 2.05) is 32.9 Å². The molecule has 3 fully saturated rings. The van der Waals surface area contributed by atoms with Gasteiger partial charge in [-0.05, 0) is 74.8 Å². The number of amides is 4. The fraction of sp³-hybridized carbons (Fsp3) is 0.641. The van der Waals surface area contributed by atoms with E-state index in [0.717, 1.165) is 32.1 Å². The van der Waals surface area contributed by atoms with Crippen molar-refractivity contribution in [2.75, 3.05) is 13.7 Å². The van der Waals surface area contributed by atoms with Crippen molar-refractivity contribution in [2.45, 2.75) is 133 Å². The molecule has 16 heteroatoms. The Bertz CT molecular complexity index is 1930. The summed E-state index contributed by atoms with van der Waals surface area (Å²) in [5, 5.41) is 4.96. The fourth-order valence-corrected chi connectivity index (χ4v) is 8.84. The number of aryl methyl sites for hydroxylation is 1. The highest BCUT2D eigenvalue weighted by atomic mass is 32.2. The quantitative estimate of drug-likeness (QED) is 0.310. The molecule has 300 valence electrons. The molecule has 2 saturated carbocycles. The molecule has 0 unspecified atom stereocenters. The van der Waals surface area contributed by atoms with Gasteiger partial charge in [-0.2, -0.15) is 0 Å². The maximum atomic E-state index is 14.7. The average molecular weight is 783 g/mol. The maximum Gasteiger partial charge on any atom is 0.408 e. The lowest BCUT2D eigenvalue weighted by molar-refractivity contribution is -0.143. The summed E-state index contributed by atoms with van der Waals surface area (Å²) in [5.74, 6) is -0.958. The summed E-state index contributed by atoms with van der Waals surface area (Å²) >= 11 is 0. The standard InChI is InChI=1S/C39H54N6O9S/c1-7-18-39(8-2,36(48)44-55(50,51)26-15-16-26)43-33(46)30-21-25-22-45(30)35(47)32(38(3,4)5)42-37(49)54-31-19-23(31)12-10-9-11-13-28-34(53-25)41-29-20-24(52-6)14-17-27(29)40-28/h7,14,17,20,23,25-26,30-32H,1,8-13,15-16,18-19,21-22H2,2-6H3,(H,42,49)(H,43,46)(H,44,48)/t23-,25-,30+,31-,32-,39-/m1/s1. The lowest BCUT2D eigenvalue weighted by Crippen LogP contribution is -2.63. The largest absolute Gasteiger partial charge is 0.497 e. The van der Waals surface area contributed by atoms with Crippen molar-refractivity contribution in [1.29, 1.82) is 0 Å². The molecule has 1 saturated heterocycles. The second-order valence-electron chi connectivity index (χ2n) is 16.4. The summed E-state index contributed by atoms with van der Waals surface area (Å²) in [6, 6.07) is 3.16. The van der Waals surface area contributed by atoms with Gasteiger partial charge in [-0.25, -0.2) is 23.2 Å². The highest BCUT2D eigenvalue weighted by Gasteiger charge is 2.50. The predicted molar refractivity (Wildman–Crippen MR) is 204 cm³/mol. The summed E-state index contributed by atoms with van der Waals surface area (Å²) in [6.07, 6.45) is 5.60. The third kappa shape index (κ3) is 9.16. The highest BCUT2D eigenvalue weighted by molar-refractivity contribution is 7.91. The van der Waals surface area contributed by atoms with E-state index in [1.54, 1.807) is 20.1 Å². The van der Waals surface area contributed by atoms with Gasteiger partial charge in [0.15, 0.2) is 0 Å². The number of sulfonamides is 1. The fourth-order valence-electron chi connectivity index (χ4n) is 7.47. The third-order valence-corrected chi connectivity index (χ3v) is 12.9. The van der Waals surface area contributed by atoms with E-state index >= 15 is 0 Å². The molecule has 2 aliphatic heterocycles. The first-order valence-electron chi connectivity index (χ1n) is 19.4. The van der Waals surface area contributed by atoms with Crippen molar-refractivity contribution < 1.29 is 41.8 Å². The molecule has 4 amide bonds. The van der Waals surface area contributed by atoms with Crippen molar-refractivity contribution in [3.63, 3.8) is 0 Å². The van der Waals surface area contributed by atoms with Gasteiger partial charge < -0.3 is 29.7 Å². The zero-order valence-corrected chi connectivity index (χ0v) is 33.2. The number of nitrogens with zero attached hydrogens (tertiary/aromatic N) is 3. The minimum Gasteiger partial charge on any atom is -0.497 e. The van der Waals surface area contributed by atoms with Crippen LogP contribution in [0, 0.1) is 11.3 Å². The molecule has 6 atom stereocenters. The van der Waals surface area contributed by atoms with Crippen LogP contribution in [0.3, 0.4) is 0 Å². The number of hydrogen-bond acceptors (Lipinski definition) is 11. The van der Waals surface area contributed by atoms with Crippen LogP contribution in [0.4, 0.5) is 4.79 Å². The molecule has 3 heterocycles. The van der Waals surface area contributed by atoms with Crippen molar-refractivity contribution >= 4 is 44.9 Å². The molecule has 3 N–H and O–H groups in total. The Morgan fingerprint density at radius 1 is 1.07 bits per heavy atom. The van der Waals surface area contributed by atoms with E-state index < -0.39 is 68.2 Å². The van der Waals surface area contributed by atoms with Gasteiger partial charge in [0.1, 0.15) is 41.3 Å². The van der Waals surface area contributed by atoms with Crippen LogP contribution >= 0.6 is 0 Å². The number of carbonyl (C=O) groups excluding carboxylic acids is 4. The minimum atomic E-state index is -3.94. The first-order valence-corrected chi connectivity index (χ1v) is 20.9. The number of nitrogens with one attached hydrogen (secondary N) is 3. The molecule has 0 spiro atoms. The van der Waals surface area contributed by atoms with Gasteiger partial charge in [0.05, 0.1) is 29.9 Å². The third-order valence-electron chi connectivity index (χ3n) is 11.1. The second kappa shape index (κ2) is 15.9. The number of alkyl carbamates (subject to hydrolysis) is 1. The average Bonchev–Trinajstić information content (AvgIpc) is 4.07. The summed E-state index contributed by atoms with van der Waals surface area (Å²) in [5.41, 5.74) is -0.597. The van der Waals surface area contributed by atoms with Gasteiger partial charge in [-0.3, -0.25) is 19.1 Å². The number of benzene rings is 1. The van der Waals surface area contributed by atoms with Crippen LogP contribution < -0.4 is 24.8 Å². The Morgan fingerprint density at radius 2 is 1.84 bits per heavy atom. The van der Waals surface area contributed by atoms with Crippen LogP contribution in [0.25, 0.3) is 11.0 Å². The normalized spacial score (nSPS) is 26.1. The highest BCUT2D eigenvalue weighted by Crippen LogP contribution is 2.39. The molecular formula is C39H54N6O9S. The first-order chi connectivity index (χ1) is 26.1. The molecular weight excluding hydrogens is 729 g/mol. The van der Waals surface area contributed by atoms with Crippen LogP contribution in [0.2, 0.25) is 0 Å². The molecule has 2 aromatic rings. The number of rotatable bonds is 9. The zero-order valence-electron chi connectivity index (χ0n) is 32.4. The number of carbonyl (C=O) groups is 4. The van der Waals surface area contributed by atoms with Crippen LogP contribution in [0.15, 0.2) is 30.9 Å². The smallest absolute Gasteiger partial charge is 0.408 e. The van der Waals surface area contributed by atoms with Crippen LogP contribution in [0.5, 0.6) is 11.6 Å². The van der Waals surface area contributed by atoms with E-state index in [0.29, 0.717) is 41.7 Å². The van der Waals surface area contributed by atoms with Crippen LogP contribution in [-0.4, -0.2) is 95.8 Å². The second-order valence-corrected chi connectivity index (χ2v) is 18.3. The molecule has 15 nitrogen and oxygen atoms in total. The van der Waals surface area contributed by atoms with Crippen molar-refractivity contribution in [1.82, 2.24) is 30.2 Å². The summed E-state index contributed by atoms with van der Waals surface area (Å²) in [4.78, 5) is 67.2. The Hall–Kier alpha value is -4.47. The summed E-state index contributed by atoms with van der Waals surface area (Å²) in [7, 11) is -2.37. The van der Waals surface area contributed by atoms with Gasteiger partial charge >= 0.3 is 6.09 Å². The zero-order chi connectivity index (χ0) is 39.7. The first kappa shape index (κ1) is 40.2. The van der Waals surface area contributed by atoms with Crippen molar-refractivity contribution in [3.05, 3.63) is 36.5 Å². The Kier molecular flexibility index (Phi) is 11.7. The van der Waals surface area contributed by atoms with Gasteiger partial charge in [0.25, 0.3) is 5.91 Å². The lowest BCUT2D eigenvalue weighted by atomic mass is 9.85. The summed E-state index contributed by atoms with van der Waals surface area (Å²) < 4.78 is 45.6. The van der Waals surface area contributed by atoms with E-state index in [4.69, 9.17) is 24.2 Å². The van der Waals surface area contributed by atoms with Gasteiger partial charge in [0.2, 0.25) is 27.7 Å². The Balaban J connectivity index is 1.36. The van der Waals surface area contributed by atoms with Crippen LogP contribution in [-0.2, 0) is 35.6 Å². The molecule has 1 aromatic heterocycles. The topological polar surface area (TPSA) is 195 Å². The SMILES string of the molecule is C=CC[C@@](CC)(NC(=O)[C@@H]1C[C@@H]2CN1C(=O)[C@H](C(C)(C)C)NC(=O)O[C@@H]1C[C@H]1CCCCCc1nc3ccc(OC)cc3nc1O2)C(=O)NS(=O)(=O)C1CC1. The molecule has 0 radical (unpaired) electrons. The Morgan fingerprint density at radius 3 is 2.51 bits per heavy atom. The number of aromatic nitrogens is 2. The van der Waals surface area contributed by atoms with Gasteiger partial charge in [-0.15, -0.1) is 6.58 Å². The van der Waals surface area contributed by atoms with Crippen LogP contribution in [0.1, 0.15) is 97.6 Å². The number of methoxy groups -OCH3 is 1. The van der Waals surface area contributed by atoms with E-state index in [-0.39, 0.29) is 43.7 Å². The Labute approximate surface area is 322 Å². The van der Waals surface area contributed by atoms with Crippen molar-refractivity contribution in [2.24, 2.45) is 11.3 Å². The number of ether oxygens (including phenoxy) is 3. The predicted octanol–water partition coefficient (Wildman–Crippen LogP) is 4.08. The summed E-state index contributed by atoms with van der Waals surface area (Å²) in [6.45, 7) is 10.8. The maximum absolute atomic E-state index is 14.7. The minimum absolute atomic E-state index is 0.00970. The molecule has 2 aliphatic carbocycles. The molecule has 6 rings (SSSR count). The van der Waals surface area contributed by atoms with Gasteiger partial charge in [0, 0.05) is 12.5 Å². The monoisotopic (exact) mass is 782 g/mol. The molecule has 4 aliphatic rings. The molecule has 55 heavy (non-hydrogen) atoms. The molecule has 2 bridgehead atoms. The number of fused-ring (bicyclic) bond motifs is 5. The van der Waals surface area contributed by atoms with E-state index in [2.05, 4.69) is 21.9 Å².